The Balaban J connectivity index is 1.50. The SMILES string of the molecule is C[C@@H](O)[C@H](NC(=O)[C@@H]1CCCN1C(=O)[C@H](CO[P+](O)(O)O)NC(=O)[C@H](Cc1ccc(O)cc1)NC(=O)[C@H](CO)NC(=O)[C@@H]1CCC[NH2+]1)C(=O)N[C@@H](CO)C(=O)N1CCC[C@H]1C(=O)N[C@@H](CO)C(=O)O. The van der Waals surface area contributed by atoms with Crippen LogP contribution < -0.4 is 37.2 Å². The largest absolute Gasteiger partial charge is 0.567 e. The third-order valence-corrected chi connectivity index (χ3v) is 12.2. The van der Waals surface area contributed by atoms with E-state index in [2.05, 4.69) is 31.9 Å². The highest BCUT2D eigenvalue weighted by atomic mass is 31.2. The summed E-state index contributed by atoms with van der Waals surface area (Å²) < 4.78 is 4.71. The molecule has 0 bridgehead atoms. The number of hydrogen-bond donors (Lipinski definition) is 16. The number of quaternary nitrogens is 1. The summed E-state index contributed by atoms with van der Waals surface area (Å²) in [7, 11) is -5.09. The number of phenols is 1. The molecule has 3 aliphatic rings. The number of carboxylic acid groups (broad SMARTS) is 1. The van der Waals surface area contributed by atoms with Gasteiger partial charge in [-0.3, -0.25) is 38.4 Å². The number of carbonyl (C=O) groups excluding carboxylic acids is 8. The Morgan fingerprint density at radius 1 is 0.667 bits per heavy atom. The minimum Gasteiger partial charge on any atom is -0.508 e. The van der Waals surface area contributed by atoms with Crippen LogP contribution in [-0.2, 0) is 54.1 Å². The summed E-state index contributed by atoms with van der Waals surface area (Å²) in [6.07, 6.45) is -0.287. The van der Waals surface area contributed by atoms with Gasteiger partial charge in [0.2, 0.25) is 41.4 Å². The van der Waals surface area contributed by atoms with Gasteiger partial charge in [-0.15, -0.1) is 0 Å². The average molecular weight is 1000 g/mol. The summed E-state index contributed by atoms with van der Waals surface area (Å²) in [6, 6.07) is -8.08. The van der Waals surface area contributed by atoms with Gasteiger partial charge in [0.05, 0.1) is 32.5 Å². The second kappa shape index (κ2) is 25.8. The van der Waals surface area contributed by atoms with Crippen molar-refractivity contribution in [2.24, 2.45) is 0 Å². The minimum absolute atomic E-state index is 0.0384. The molecule has 3 saturated heterocycles. The number of nitrogens with zero attached hydrogens (tertiary/aromatic N) is 2. The Morgan fingerprint density at radius 2 is 1.17 bits per heavy atom. The molecule has 4 rings (SSSR count). The maximum absolute atomic E-state index is 14.2. The van der Waals surface area contributed by atoms with Gasteiger partial charge < -0.3 is 77.7 Å². The Kier molecular flexibility index (Phi) is 20.9. The first-order valence-corrected chi connectivity index (χ1v) is 23.6. The third kappa shape index (κ3) is 15.9. The molecule has 1 aromatic carbocycles. The summed E-state index contributed by atoms with van der Waals surface area (Å²) in [4.78, 5) is 151. The van der Waals surface area contributed by atoms with Crippen molar-refractivity contribution in [1.82, 2.24) is 41.7 Å². The predicted molar refractivity (Wildman–Crippen MR) is 233 cm³/mol. The number of carbonyl (C=O) groups is 9. The maximum atomic E-state index is 14.2. The van der Waals surface area contributed by atoms with Gasteiger partial charge in [0.25, 0.3) is 5.91 Å². The van der Waals surface area contributed by atoms with Crippen LogP contribution in [0.5, 0.6) is 5.75 Å². The van der Waals surface area contributed by atoms with Crippen LogP contribution in [0.25, 0.3) is 0 Å². The van der Waals surface area contributed by atoms with Crippen LogP contribution in [0, 0.1) is 0 Å². The van der Waals surface area contributed by atoms with Gasteiger partial charge in [0.1, 0.15) is 60.7 Å². The molecule has 1 aromatic rings. The quantitative estimate of drug-likeness (QED) is 0.0428. The first kappa shape index (κ1) is 55.9. The fourth-order valence-corrected chi connectivity index (χ4v) is 8.37. The zero-order chi connectivity index (χ0) is 51.2. The lowest BCUT2D eigenvalue weighted by atomic mass is 10.0. The molecule has 28 nitrogen and oxygen atoms in total. The van der Waals surface area contributed by atoms with Crippen molar-refractivity contribution in [3.05, 3.63) is 29.8 Å². The average Bonchev–Trinajstić information content (AvgIpc) is 4.12. The molecular formula is C40H62N9O19P+2. The number of carboxylic acids is 1. The number of rotatable bonds is 24. The smallest absolute Gasteiger partial charge is 0.508 e. The van der Waals surface area contributed by atoms with Crippen LogP contribution in [0.3, 0.4) is 0 Å². The van der Waals surface area contributed by atoms with Crippen molar-refractivity contribution < 1.29 is 98.3 Å². The van der Waals surface area contributed by atoms with Crippen LogP contribution >= 0.6 is 8.17 Å². The lowest BCUT2D eigenvalue weighted by Gasteiger charge is -2.31. The number of phenolic OH excluding ortho intramolecular Hbond substituents is 1. The normalized spacial score (nSPS) is 21.1. The molecule has 0 radical (unpaired) electrons. The van der Waals surface area contributed by atoms with Crippen molar-refractivity contribution in [3.8, 4) is 5.75 Å². The van der Waals surface area contributed by atoms with Crippen molar-refractivity contribution in [2.45, 2.75) is 112 Å². The van der Waals surface area contributed by atoms with Gasteiger partial charge in [0, 0.05) is 32.4 Å². The molecule has 3 heterocycles. The van der Waals surface area contributed by atoms with E-state index in [0.717, 1.165) is 23.1 Å². The van der Waals surface area contributed by atoms with Crippen LogP contribution in [0.1, 0.15) is 51.0 Å². The Bertz CT molecular complexity index is 2000. The summed E-state index contributed by atoms with van der Waals surface area (Å²) >= 11 is 0. The number of nitrogens with two attached hydrogens (primary N) is 1. The molecule has 8 amide bonds. The topological polar surface area (TPSA) is 440 Å². The van der Waals surface area contributed by atoms with Crippen LogP contribution in [0.4, 0.5) is 0 Å². The number of benzene rings is 1. The first-order valence-electron chi connectivity index (χ1n) is 22.1. The number of aliphatic hydroxyl groups is 4. The third-order valence-electron chi connectivity index (χ3n) is 11.7. The van der Waals surface area contributed by atoms with Crippen molar-refractivity contribution in [2.75, 3.05) is 46.1 Å². The summed E-state index contributed by atoms with van der Waals surface area (Å²) in [5, 5.41) is 74.7. The number of aliphatic hydroxyl groups excluding tert-OH is 4. The highest BCUT2D eigenvalue weighted by molar-refractivity contribution is 7.53. The highest BCUT2D eigenvalue weighted by Crippen LogP contribution is 2.45. The van der Waals surface area contributed by atoms with Gasteiger partial charge in [-0.05, 0) is 50.3 Å². The molecule has 0 unspecified atom stereocenters. The van der Waals surface area contributed by atoms with Crippen molar-refractivity contribution in [1.29, 1.82) is 0 Å². The zero-order valence-corrected chi connectivity index (χ0v) is 38.4. The first-order chi connectivity index (χ1) is 32.6. The number of nitrogens with one attached hydrogen (secondary N) is 6. The van der Waals surface area contributed by atoms with E-state index in [1.807, 2.05) is 0 Å². The summed E-state index contributed by atoms with van der Waals surface area (Å²) in [5.74, 6) is -9.53. The molecule has 0 aliphatic carbocycles. The molecular weight excluding hydrogens is 941 g/mol. The number of likely N-dealkylation sites (tertiary alicyclic amines) is 2. The molecule has 0 spiro atoms. The second-order valence-electron chi connectivity index (χ2n) is 16.8. The van der Waals surface area contributed by atoms with E-state index < -0.39 is 148 Å². The Hall–Kier alpha value is -5.68. The molecule has 384 valence electrons. The monoisotopic (exact) mass is 1000 g/mol. The van der Waals surface area contributed by atoms with E-state index in [1.165, 1.54) is 24.3 Å². The molecule has 10 atom stereocenters. The van der Waals surface area contributed by atoms with E-state index in [0.29, 0.717) is 18.5 Å². The number of amides is 8. The standard InChI is InChI=1S/C40H60N9O19P/c1-20(53)31(37(60)44-26(17-51)38(61)48-13-3-6-29(48)35(58)45-27(18-52)40(63)64)47-36(59)30-7-4-14-49(30)39(62)28(19-68-69(65,66)67)46-33(56)24(15-21-8-10-22(54)11-9-21)42-34(57)25(16-50)43-32(55)23-5-2-12-41-23/h8-11,20,23-31,41,50-53,65-67H,2-7,12-19H2,1H3,(H7-,42,43,44,45,46,47,54,55,56,57,58,59,60,63,64)/p+2/t20-,23+,24+,25+,26+,27+,28+,29+,30+,31+/m1/s1. The molecule has 3 aliphatic heterocycles. The van der Waals surface area contributed by atoms with Crippen LogP contribution in [0.15, 0.2) is 24.3 Å². The summed E-state index contributed by atoms with van der Waals surface area (Å²) in [5.41, 5.74) is 0.365. The van der Waals surface area contributed by atoms with Gasteiger partial charge in [0.15, 0.2) is 6.04 Å². The molecule has 0 aromatic heterocycles. The summed E-state index contributed by atoms with van der Waals surface area (Å²) in [6.45, 7) is -2.39. The minimum atomic E-state index is -5.09. The highest BCUT2D eigenvalue weighted by Gasteiger charge is 2.44. The van der Waals surface area contributed by atoms with E-state index in [9.17, 15) is 88.5 Å². The number of aliphatic carboxylic acids is 1. The number of aromatic hydroxyl groups is 1. The lowest BCUT2D eigenvalue weighted by molar-refractivity contribution is -0.657. The second-order valence-corrected chi connectivity index (χ2v) is 18.0. The van der Waals surface area contributed by atoms with E-state index in [-0.39, 0.29) is 50.9 Å². The van der Waals surface area contributed by atoms with Gasteiger partial charge in [-0.1, -0.05) is 12.1 Å². The number of hydrogen-bond acceptors (Lipinski definition) is 18. The van der Waals surface area contributed by atoms with Crippen molar-refractivity contribution >= 4 is 61.4 Å². The molecule has 3 fully saturated rings. The van der Waals surface area contributed by atoms with Crippen LogP contribution in [0.2, 0.25) is 0 Å². The molecule has 69 heavy (non-hydrogen) atoms. The fraction of sp³-hybridized carbons (Fsp3) is 0.625. The predicted octanol–water partition coefficient (Wildman–Crippen LogP) is -8.34. The van der Waals surface area contributed by atoms with Crippen molar-refractivity contribution in [3.63, 3.8) is 0 Å². The maximum Gasteiger partial charge on any atom is 0.567 e. The fourth-order valence-electron chi connectivity index (χ4n) is 8.02. The molecule has 0 saturated carbocycles. The van der Waals surface area contributed by atoms with E-state index in [1.54, 1.807) is 5.32 Å². The van der Waals surface area contributed by atoms with Crippen LogP contribution in [-0.4, -0.2) is 215 Å². The Labute approximate surface area is 394 Å². The molecule has 29 heteroatoms. The Morgan fingerprint density at radius 3 is 1.68 bits per heavy atom. The van der Waals surface area contributed by atoms with Gasteiger partial charge in [-0.25, -0.2) is 4.79 Å². The van der Waals surface area contributed by atoms with Gasteiger partial charge >= 0.3 is 14.1 Å². The molecule has 17 N–H and O–H groups in total. The lowest BCUT2D eigenvalue weighted by Crippen LogP contribution is -2.89. The van der Waals surface area contributed by atoms with E-state index in [4.69, 9.17) is 4.52 Å². The van der Waals surface area contributed by atoms with Gasteiger partial charge in [-0.2, -0.15) is 19.2 Å². The van der Waals surface area contributed by atoms with E-state index >= 15 is 0 Å². The zero-order valence-electron chi connectivity index (χ0n) is 37.5.